The minimum Gasteiger partial charge on any atom is -0.294 e. The van der Waals surface area contributed by atoms with E-state index in [1.807, 2.05) is 22.6 Å². The number of fused-ring (bicyclic) bond motifs is 3. The molecule has 0 amide bonds. The molecule has 0 radical (unpaired) electrons. The Morgan fingerprint density at radius 1 is 1.27 bits per heavy atom. The predicted octanol–water partition coefficient (Wildman–Crippen LogP) is 3.30. The van der Waals surface area contributed by atoms with E-state index >= 15 is 0 Å². The van der Waals surface area contributed by atoms with Crippen LogP contribution < -0.4 is 0 Å². The van der Waals surface area contributed by atoms with Gasteiger partial charge in [0.1, 0.15) is 5.52 Å². The van der Waals surface area contributed by atoms with Crippen molar-refractivity contribution in [3.63, 3.8) is 0 Å². The largest absolute Gasteiger partial charge is 0.294 e. The lowest BCUT2D eigenvalue weighted by atomic mass is 10.3. The van der Waals surface area contributed by atoms with Crippen LogP contribution in [0.2, 0.25) is 5.15 Å². The van der Waals surface area contributed by atoms with Crippen LogP contribution in [0.1, 0.15) is 0 Å². The number of benzene rings is 1. The molecule has 3 rings (SSSR count). The number of hydrogen-bond donors (Lipinski definition) is 0. The van der Waals surface area contributed by atoms with Gasteiger partial charge in [0.15, 0.2) is 5.15 Å². The first-order valence-electron chi connectivity index (χ1n) is 4.32. The highest BCUT2D eigenvalue weighted by atomic mass is 79.9. The van der Waals surface area contributed by atoms with Gasteiger partial charge in [0.2, 0.25) is 0 Å². The van der Waals surface area contributed by atoms with Crippen LogP contribution in [0.4, 0.5) is 0 Å². The summed E-state index contributed by atoms with van der Waals surface area (Å²) in [5.41, 5.74) is 2.66. The second-order valence-corrected chi connectivity index (χ2v) is 4.46. The Kier molecular flexibility index (Phi) is 1.94. The zero-order valence-electron chi connectivity index (χ0n) is 7.48. The van der Waals surface area contributed by atoms with Crippen LogP contribution in [0, 0.1) is 0 Å². The van der Waals surface area contributed by atoms with Crippen LogP contribution in [-0.4, -0.2) is 14.4 Å². The summed E-state index contributed by atoms with van der Waals surface area (Å²) in [5.74, 6) is 0. The molecular formula is C10H5BrClN3. The maximum absolute atomic E-state index is 6.03. The minimum absolute atomic E-state index is 0.474. The first-order valence-corrected chi connectivity index (χ1v) is 5.49. The van der Waals surface area contributed by atoms with Crippen molar-refractivity contribution in [3.05, 3.63) is 40.3 Å². The monoisotopic (exact) mass is 281 g/mol. The van der Waals surface area contributed by atoms with Crippen molar-refractivity contribution in [3.8, 4) is 0 Å². The van der Waals surface area contributed by atoms with Gasteiger partial charge in [-0.15, -0.1) is 0 Å². The highest BCUT2D eigenvalue weighted by Gasteiger charge is 2.06. The molecule has 0 aliphatic carbocycles. The Hall–Kier alpha value is -1.13. The minimum atomic E-state index is 0.474. The molecule has 2 aromatic heterocycles. The predicted molar refractivity (Wildman–Crippen MR) is 63.2 cm³/mol. The Labute approximate surface area is 98.8 Å². The van der Waals surface area contributed by atoms with Crippen molar-refractivity contribution < 1.29 is 0 Å². The molecule has 74 valence electrons. The van der Waals surface area contributed by atoms with Gasteiger partial charge in [-0.2, -0.15) is 0 Å². The van der Waals surface area contributed by atoms with E-state index in [0.29, 0.717) is 5.15 Å². The van der Waals surface area contributed by atoms with E-state index in [1.165, 1.54) is 0 Å². The van der Waals surface area contributed by atoms with Crippen molar-refractivity contribution in [1.82, 2.24) is 14.4 Å². The summed E-state index contributed by atoms with van der Waals surface area (Å²) in [6.45, 7) is 0. The fourth-order valence-corrected chi connectivity index (χ4v) is 2.17. The molecule has 5 heteroatoms. The third-order valence-electron chi connectivity index (χ3n) is 2.27. The second-order valence-electron chi connectivity index (χ2n) is 3.18. The normalized spacial score (nSPS) is 11.3. The topological polar surface area (TPSA) is 30.2 Å². The Morgan fingerprint density at radius 2 is 2.13 bits per heavy atom. The fraction of sp³-hybridized carbons (Fsp3) is 0. The highest BCUT2D eigenvalue weighted by Crippen LogP contribution is 2.23. The molecule has 0 saturated heterocycles. The van der Waals surface area contributed by atoms with Crippen molar-refractivity contribution in [2.45, 2.75) is 0 Å². The summed E-state index contributed by atoms with van der Waals surface area (Å²) in [5, 5.41) is 0.474. The number of nitrogens with zero attached hydrogens (tertiary/aromatic N) is 3. The van der Waals surface area contributed by atoms with Crippen LogP contribution in [0.3, 0.4) is 0 Å². The number of halogens is 2. The number of imidazole rings is 1. The van der Waals surface area contributed by atoms with Gasteiger partial charge in [0.25, 0.3) is 0 Å². The van der Waals surface area contributed by atoms with Gasteiger partial charge in [-0.1, -0.05) is 27.5 Å². The SMILES string of the molecule is Clc1nc2ccc(Br)cc2n2cncc12. The summed E-state index contributed by atoms with van der Waals surface area (Å²) in [4.78, 5) is 8.37. The lowest BCUT2D eigenvalue weighted by Crippen LogP contribution is -1.90. The van der Waals surface area contributed by atoms with Gasteiger partial charge < -0.3 is 0 Å². The van der Waals surface area contributed by atoms with E-state index in [0.717, 1.165) is 21.0 Å². The van der Waals surface area contributed by atoms with Gasteiger partial charge in [0, 0.05) is 4.47 Å². The summed E-state index contributed by atoms with van der Waals surface area (Å²) in [6, 6.07) is 5.85. The van der Waals surface area contributed by atoms with Gasteiger partial charge in [0.05, 0.1) is 23.6 Å². The molecule has 0 atom stereocenters. The maximum atomic E-state index is 6.03. The molecular weight excluding hydrogens is 277 g/mol. The molecule has 3 nitrogen and oxygen atoms in total. The zero-order valence-corrected chi connectivity index (χ0v) is 9.83. The van der Waals surface area contributed by atoms with Crippen LogP contribution in [0.5, 0.6) is 0 Å². The highest BCUT2D eigenvalue weighted by molar-refractivity contribution is 9.10. The summed E-state index contributed by atoms with van der Waals surface area (Å²) < 4.78 is 2.93. The molecule has 0 spiro atoms. The van der Waals surface area contributed by atoms with Gasteiger partial charge in [-0.3, -0.25) is 4.40 Å². The van der Waals surface area contributed by atoms with Crippen LogP contribution in [0.25, 0.3) is 16.6 Å². The van der Waals surface area contributed by atoms with E-state index < -0.39 is 0 Å². The molecule has 2 heterocycles. The molecule has 0 saturated carbocycles. The molecule has 0 aliphatic rings. The van der Waals surface area contributed by atoms with E-state index in [9.17, 15) is 0 Å². The molecule has 0 aliphatic heterocycles. The van der Waals surface area contributed by atoms with E-state index in [2.05, 4.69) is 25.9 Å². The molecule has 3 aromatic rings. The quantitative estimate of drug-likeness (QED) is 0.633. The first kappa shape index (κ1) is 9.12. The van der Waals surface area contributed by atoms with E-state index in [-0.39, 0.29) is 0 Å². The number of aromatic nitrogens is 3. The van der Waals surface area contributed by atoms with Gasteiger partial charge in [-0.05, 0) is 18.2 Å². The zero-order chi connectivity index (χ0) is 10.4. The molecule has 0 unspecified atom stereocenters. The van der Waals surface area contributed by atoms with Crippen molar-refractivity contribution >= 4 is 44.1 Å². The lowest BCUT2D eigenvalue weighted by molar-refractivity contribution is 1.19. The second kappa shape index (κ2) is 3.18. The van der Waals surface area contributed by atoms with Gasteiger partial charge >= 0.3 is 0 Å². The standard InChI is InChI=1S/C10H5BrClN3/c11-6-1-2-7-8(3-6)15-5-13-4-9(15)10(12)14-7/h1-5H. The first-order chi connectivity index (χ1) is 7.25. The van der Waals surface area contributed by atoms with E-state index in [1.54, 1.807) is 12.5 Å². The molecule has 0 fully saturated rings. The van der Waals surface area contributed by atoms with Crippen molar-refractivity contribution in [1.29, 1.82) is 0 Å². The van der Waals surface area contributed by atoms with Crippen LogP contribution in [0.15, 0.2) is 35.2 Å². The molecule has 0 bridgehead atoms. The summed E-state index contributed by atoms with van der Waals surface area (Å²) >= 11 is 9.46. The van der Waals surface area contributed by atoms with Crippen LogP contribution >= 0.6 is 27.5 Å². The smallest absolute Gasteiger partial charge is 0.155 e. The lowest BCUT2D eigenvalue weighted by Gasteiger charge is -2.03. The number of hydrogen-bond acceptors (Lipinski definition) is 2. The fourth-order valence-electron chi connectivity index (χ4n) is 1.59. The molecule has 1 aromatic carbocycles. The average Bonchev–Trinajstić information content (AvgIpc) is 2.69. The third-order valence-corrected chi connectivity index (χ3v) is 3.04. The van der Waals surface area contributed by atoms with E-state index in [4.69, 9.17) is 11.6 Å². The maximum Gasteiger partial charge on any atom is 0.155 e. The van der Waals surface area contributed by atoms with Crippen molar-refractivity contribution in [2.75, 3.05) is 0 Å². The number of rotatable bonds is 0. The Morgan fingerprint density at radius 3 is 3.00 bits per heavy atom. The molecule has 15 heavy (non-hydrogen) atoms. The summed E-state index contributed by atoms with van der Waals surface area (Å²) in [6.07, 6.45) is 3.44. The summed E-state index contributed by atoms with van der Waals surface area (Å²) in [7, 11) is 0. The third kappa shape index (κ3) is 1.33. The Balaban J connectivity index is 2.61. The molecule has 0 N–H and O–H groups in total. The average molecular weight is 283 g/mol. The van der Waals surface area contributed by atoms with Crippen LogP contribution in [-0.2, 0) is 0 Å². The van der Waals surface area contributed by atoms with Crippen molar-refractivity contribution in [2.24, 2.45) is 0 Å². The van der Waals surface area contributed by atoms with Gasteiger partial charge in [-0.25, -0.2) is 9.97 Å². The Bertz CT molecular complexity index is 662.